The SMILES string of the molecule is CCCC(OC)C(NN)C1CCOC2(CCOC2)C1. The fraction of sp³-hybridized carbons (Fsp3) is 1.00. The highest BCUT2D eigenvalue weighted by atomic mass is 16.6. The van der Waals surface area contributed by atoms with Gasteiger partial charge in [-0.3, -0.25) is 11.3 Å². The molecule has 0 bridgehead atoms. The van der Waals surface area contributed by atoms with Crippen LogP contribution in [0.1, 0.15) is 39.0 Å². The Kier molecular flexibility index (Phi) is 5.59. The molecule has 2 aliphatic heterocycles. The van der Waals surface area contributed by atoms with Crippen LogP contribution in [0.25, 0.3) is 0 Å². The van der Waals surface area contributed by atoms with Crippen LogP contribution in [0.4, 0.5) is 0 Å². The third-order valence-corrected chi connectivity index (χ3v) is 4.58. The molecule has 0 amide bonds. The smallest absolute Gasteiger partial charge is 0.0939 e. The van der Waals surface area contributed by atoms with Crippen LogP contribution in [0.15, 0.2) is 0 Å². The van der Waals surface area contributed by atoms with Crippen molar-refractivity contribution in [2.45, 2.75) is 56.8 Å². The third kappa shape index (κ3) is 3.47. The summed E-state index contributed by atoms with van der Waals surface area (Å²) in [5.74, 6) is 6.29. The van der Waals surface area contributed by atoms with E-state index in [4.69, 9.17) is 20.1 Å². The molecule has 3 N–H and O–H groups in total. The summed E-state index contributed by atoms with van der Waals surface area (Å²) in [6.45, 7) is 4.52. The minimum Gasteiger partial charge on any atom is -0.380 e. The molecule has 5 heteroatoms. The summed E-state index contributed by atoms with van der Waals surface area (Å²) >= 11 is 0. The zero-order valence-corrected chi connectivity index (χ0v) is 12.2. The quantitative estimate of drug-likeness (QED) is 0.562. The van der Waals surface area contributed by atoms with Gasteiger partial charge in [0.1, 0.15) is 0 Å². The first-order chi connectivity index (χ1) is 9.24. The number of nitrogens with two attached hydrogens (primary N) is 1. The van der Waals surface area contributed by atoms with E-state index in [-0.39, 0.29) is 17.7 Å². The first kappa shape index (κ1) is 15.2. The second kappa shape index (κ2) is 6.99. The van der Waals surface area contributed by atoms with Gasteiger partial charge < -0.3 is 14.2 Å². The number of hydrogen-bond acceptors (Lipinski definition) is 5. The van der Waals surface area contributed by atoms with Crippen LogP contribution in [0.5, 0.6) is 0 Å². The lowest BCUT2D eigenvalue weighted by Crippen LogP contribution is -2.54. The Balaban J connectivity index is 2.00. The molecule has 4 unspecified atom stereocenters. The molecule has 0 saturated carbocycles. The second-order valence-corrected chi connectivity index (χ2v) is 5.84. The topological polar surface area (TPSA) is 65.7 Å². The summed E-state index contributed by atoms with van der Waals surface area (Å²) in [6, 6.07) is 0.200. The molecule has 5 nitrogen and oxygen atoms in total. The first-order valence-electron chi connectivity index (χ1n) is 7.45. The van der Waals surface area contributed by atoms with Crippen LogP contribution in [-0.4, -0.2) is 44.7 Å². The molecule has 2 fully saturated rings. The highest BCUT2D eigenvalue weighted by Crippen LogP contribution is 2.38. The van der Waals surface area contributed by atoms with Gasteiger partial charge in [-0.1, -0.05) is 13.3 Å². The maximum atomic E-state index is 5.99. The van der Waals surface area contributed by atoms with Crippen molar-refractivity contribution in [3.63, 3.8) is 0 Å². The normalized spacial score (nSPS) is 34.6. The Labute approximate surface area is 116 Å². The van der Waals surface area contributed by atoms with Crippen molar-refractivity contribution in [3.8, 4) is 0 Å². The van der Waals surface area contributed by atoms with Crippen LogP contribution in [0.2, 0.25) is 0 Å². The Hall–Kier alpha value is -0.200. The molecule has 19 heavy (non-hydrogen) atoms. The summed E-state index contributed by atoms with van der Waals surface area (Å²) < 4.78 is 17.1. The summed E-state index contributed by atoms with van der Waals surface area (Å²) in [5.41, 5.74) is 2.93. The van der Waals surface area contributed by atoms with Gasteiger partial charge >= 0.3 is 0 Å². The van der Waals surface area contributed by atoms with E-state index in [1.54, 1.807) is 7.11 Å². The average molecular weight is 272 g/mol. The number of ether oxygens (including phenoxy) is 3. The maximum absolute atomic E-state index is 5.99. The number of hydrogen-bond donors (Lipinski definition) is 2. The molecule has 0 radical (unpaired) electrons. The van der Waals surface area contributed by atoms with E-state index in [0.29, 0.717) is 5.92 Å². The predicted octanol–water partition coefficient (Wildman–Crippen LogP) is 1.22. The fourth-order valence-electron chi connectivity index (χ4n) is 3.51. The minimum atomic E-state index is -0.0669. The van der Waals surface area contributed by atoms with Gasteiger partial charge in [0.15, 0.2) is 0 Å². The summed E-state index contributed by atoms with van der Waals surface area (Å²) in [7, 11) is 1.78. The Bertz CT molecular complexity index is 269. The number of rotatable bonds is 6. The van der Waals surface area contributed by atoms with Crippen molar-refractivity contribution < 1.29 is 14.2 Å². The van der Waals surface area contributed by atoms with Crippen molar-refractivity contribution in [1.82, 2.24) is 5.43 Å². The van der Waals surface area contributed by atoms with E-state index in [1.165, 1.54) is 0 Å². The largest absolute Gasteiger partial charge is 0.380 e. The second-order valence-electron chi connectivity index (χ2n) is 5.84. The molecule has 2 rings (SSSR count). The van der Waals surface area contributed by atoms with Gasteiger partial charge in [0.25, 0.3) is 0 Å². The van der Waals surface area contributed by atoms with Crippen molar-refractivity contribution in [2.75, 3.05) is 26.9 Å². The first-order valence-corrected chi connectivity index (χ1v) is 7.45. The van der Waals surface area contributed by atoms with Crippen molar-refractivity contribution in [1.29, 1.82) is 0 Å². The summed E-state index contributed by atoms with van der Waals surface area (Å²) in [6.07, 6.45) is 5.38. The van der Waals surface area contributed by atoms with Gasteiger partial charge in [0.2, 0.25) is 0 Å². The maximum Gasteiger partial charge on any atom is 0.0939 e. The lowest BCUT2D eigenvalue weighted by Gasteiger charge is -2.42. The number of nitrogens with one attached hydrogen (secondary N) is 1. The molecule has 112 valence electrons. The Morgan fingerprint density at radius 1 is 1.47 bits per heavy atom. The lowest BCUT2D eigenvalue weighted by atomic mass is 9.79. The zero-order valence-electron chi connectivity index (χ0n) is 12.2. The van der Waals surface area contributed by atoms with E-state index in [9.17, 15) is 0 Å². The molecule has 0 aromatic carbocycles. The molecule has 0 aliphatic carbocycles. The zero-order chi connectivity index (χ0) is 13.7. The third-order valence-electron chi connectivity index (χ3n) is 4.58. The van der Waals surface area contributed by atoms with E-state index >= 15 is 0 Å². The highest BCUT2D eigenvalue weighted by Gasteiger charge is 2.44. The van der Waals surface area contributed by atoms with Crippen LogP contribution >= 0.6 is 0 Å². The molecule has 0 aromatic heterocycles. The molecule has 0 aromatic rings. The molecular formula is C14H28N2O3. The van der Waals surface area contributed by atoms with Gasteiger partial charge in [-0.2, -0.15) is 0 Å². The van der Waals surface area contributed by atoms with E-state index in [1.807, 2.05) is 0 Å². The summed E-state index contributed by atoms with van der Waals surface area (Å²) in [4.78, 5) is 0. The van der Waals surface area contributed by atoms with Crippen molar-refractivity contribution in [3.05, 3.63) is 0 Å². The Morgan fingerprint density at radius 2 is 2.32 bits per heavy atom. The molecule has 1 spiro atoms. The van der Waals surface area contributed by atoms with Crippen molar-refractivity contribution >= 4 is 0 Å². The van der Waals surface area contributed by atoms with Crippen LogP contribution in [-0.2, 0) is 14.2 Å². The predicted molar refractivity (Wildman–Crippen MR) is 73.7 cm³/mol. The molecule has 2 aliphatic rings. The molecule has 2 heterocycles. The lowest BCUT2D eigenvalue weighted by molar-refractivity contribution is -0.111. The Morgan fingerprint density at radius 3 is 2.89 bits per heavy atom. The monoisotopic (exact) mass is 272 g/mol. The van der Waals surface area contributed by atoms with Crippen LogP contribution in [0, 0.1) is 5.92 Å². The molecular weight excluding hydrogens is 244 g/mol. The van der Waals surface area contributed by atoms with E-state index in [0.717, 1.165) is 51.9 Å². The molecule has 2 saturated heterocycles. The number of hydrazine groups is 1. The summed E-state index contributed by atoms with van der Waals surface area (Å²) in [5, 5.41) is 0. The minimum absolute atomic E-state index is 0.0669. The average Bonchev–Trinajstić information content (AvgIpc) is 2.86. The van der Waals surface area contributed by atoms with Gasteiger partial charge in [-0.25, -0.2) is 0 Å². The van der Waals surface area contributed by atoms with E-state index in [2.05, 4.69) is 12.3 Å². The van der Waals surface area contributed by atoms with Crippen molar-refractivity contribution in [2.24, 2.45) is 11.8 Å². The standard InChI is InChI=1S/C14H28N2O3/c1-3-4-12(17-2)13(16-15)11-5-7-19-14(9-11)6-8-18-10-14/h11-13,16H,3-10,15H2,1-2H3. The van der Waals surface area contributed by atoms with Gasteiger partial charge in [-0.15, -0.1) is 0 Å². The van der Waals surface area contributed by atoms with Gasteiger partial charge in [-0.05, 0) is 25.2 Å². The molecule has 4 atom stereocenters. The van der Waals surface area contributed by atoms with Gasteiger partial charge in [0.05, 0.1) is 24.4 Å². The van der Waals surface area contributed by atoms with Crippen LogP contribution < -0.4 is 11.3 Å². The van der Waals surface area contributed by atoms with Gasteiger partial charge in [0, 0.05) is 26.7 Å². The van der Waals surface area contributed by atoms with Crippen LogP contribution in [0.3, 0.4) is 0 Å². The highest BCUT2D eigenvalue weighted by molar-refractivity contribution is 4.95. The van der Waals surface area contributed by atoms with E-state index < -0.39 is 0 Å². The fourth-order valence-corrected chi connectivity index (χ4v) is 3.51. The number of methoxy groups -OCH3 is 1.